The van der Waals surface area contributed by atoms with Gasteiger partial charge in [-0.05, 0) is 37.6 Å². The van der Waals surface area contributed by atoms with E-state index in [1.165, 1.54) is 18.2 Å². The molecule has 1 fully saturated rings. The molecule has 2 aliphatic heterocycles. The number of phosphoric acid groups is 1. The van der Waals surface area contributed by atoms with Crippen molar-refractivity contribution in [1.82, 2.24) is 4.90 Å². The number of rotatable bonds is 6. The molecule has 1 unspecified atom stereocenters. The zero-order chi connectivity index (χ0) is 18.3. The third-order valence-corrected chi connectivity index (χ3v) is 5.51. The molecular formula is C15H25N2O6PS. The van der Waals surface area contributed by atoms with E-state index >= 15 is 0 Å². The van der Waals surface area contributed by atoms with Crippen molar-refractivity contribution in [3.05, 3.63) is 23.8 Å². The quantitative estimate of drug-likeness (QED) is 0.625. The highest BCUT2D eigenvalue weighted by Crippen LogP contribution is 2.42. The van der Waals surface area contributed by atoms with Gasteiger partial charge in [-0.25, -0.2) is 4.57 Å². The maximum absolute atomic E-state index is 9.70. The van der Waals surface area contributed by atoms with Gasteiger partial charge in [-0.15, -0.1) is 11.8 Å². The molecule has 1 saturated heterocycles. The standard InChI is InChI=1S/C13H18N2O2S.C2H7O4P/c14-4-1-5-15-6-7-18-13(15)10-2-3-11-12(8-10)17-9-16-11;1-2-6-7(3,4)5/h2-3,8,13H,1,4-7,9,14H2;2H2,1H3,(H2,3,4,5). The average Bonchev–Trinajstić information content (AvgIpc) is 3.20. The van der Waals surface area contributed by atoms with Gasteiger partial charge in [0, 0.05) is 18.8 Å². The first-order valence-electron chi connectivity index (χ1n) is 8.10. The molecule has 0 radical (unpaired) electrons. The summed E-state index contributed by atoms with van der Waals surface area (Å²) in [6, 6.07) is 6.27. The summed E-state index contributed by atoms with van der Waals surface area (Å²) in [6.07, 6.45) is 1.06. The van der Waals surface area contributed by atoms with Gasteiger partial charge in [-0.2, -0.15) is 0 Å². The van der Waals surface area contributed by atoms with Gasteiger partial charge in [-0.3, -0.25) is 9.42 Å². The molecule has 25 heavy (non-hydrogen) atoms. The van der Waals surface area contributed by atoms with Crippen LogP contribution in [0.5, 0.6) is 11.5 Å². The zero-order valence-electron chi connectivity index (χ0n) is 14.2. The second-order valence-corrected chi connectivity index (χ2v) is 7.85. The van der Waals surface area contributed by atoms with Crippen LogP contribution in [-0.2, 0) is 9.09 Å². The van der Waals surface area contributed by atoms with E-state index in [4.69, 9.17) is 25.0 Å². The highest BCUT2D eigenvalue weighted by molar-refractivity contribution is 7.99. The molecule has 1 aromatic rings. The molecule has 1 aromatic carbocycles. The smallest absolute Gasteiger partial charge is 0.454 e. The fourth-order valence-corrected chi connectivity index (χ4v) is 4.23. The van der Waals surface area contributed by atoms with Crippen molar-refractivity contribution >= 4 is 19.6 Å². The Balaban J connectivity index is 0.000000277. The second-order valence-electron chi connectivity index (χ2n) is 5.42. The first-order valence-corrected chi connectivity index (χ1v) is 10.7. The summed E-state index contributed by atoms with van der Waals surface area (Å²) in [4.78, 5) is 18.3. The van der Waals surface area contributed by atoms with Gasteiger partial charge in [-0.1, -0.05) is 6.07 Å². The van der Waals surface area contributed by atoms with Crippen molar-refractivity contribution in [2.24, 2.45) is 5.73 Å². The molecular weight excluding hydrogens is 367 g/mol. The number of benzene rings is 1. The lowest BCUT2D eigenvalue weighted by molar-refractivity contribution is 0.174. The molecule has 4 N–H and O–H groups in total. The Kier molecular flexibility index (Phi) is 8.02. The fourth-order valence-electron chi connectivity index (χ4n) is 2.57. The normalized spacial score (nSPS) is 19.6. The van der Waals surface area contributed by atoms with Crippen molar-refractivity contribution in [3.63, 3.8) is 0 Å². The Morgan fingerprint density at radius 2 is 2.16 bits per heavy atom. The minimum absolute atomic E-state index is 0.0459. The number of thioether (sulfide) groups is 1. The Morgan fingerprint density at radius 3 is 2.80 bits per heavy atom. The van der Waals surface area contributed by atoms with Crippen molar-refractivity contribution in [2.45, 2.75) is 18.7 Å². The number of nitrogens with zero attached hydrogens (tertiary/aromatic N) is 1. The molecule has 0 spiro atoms. The summed E-state index contributed by atoms with van der Waals surface area (Å²) in [7, 11) is -4.17. The lowest BCUT2D eigenvalue weighted by Gasteiger charge is -2.23. The van der Waals surface area contributed by atoms with Gasteiger partial charge in [0.15, 0.2) is 11.5 Å². The van der Waals surface area contributed by atoms with E-state index in [1.54, 1.807) is 0 Å². The van der Waals surface area contributed by atoms with Crippen molar-refractivity contribution < 1.29 is 28.3 Å². The van der Waals surface area contributed by atoms with Crippen LogP contribution in [0.4, 0.5) is 0 Å². The molecule has 0 aliphatic carbocycles. The van der Waals surface area contributed by atoms with Gasteiger partial charge in [0.25, 0.3) is 0 Å². The molecule has 2 aliphatic rings. The molecule has 0 saturated carbocycles. The van der Waals surface area contributed by atoms with Crippen molar-refractivity contribution in [3.8, 4) is 11.5 Å². The molecule has 3 rings (SSSR count). The van der Waals surface area contributed by atoms with Crippen LogP contribution in [0.1, 0.15) is 24.3 Å². The Bertz CT molecular complexity index is 599. The van der Waals surface area contributed by atoms with Crippen LogP contribution in [0.2, 0.25) is 0 Å². The van der Waals surface area contributed by atoms with Gasteiger partial charge in [0.05, 0.1) is 12.0 Å². The number of phosphoric ester groups is 1. The number of nitrogens with two attached hydrogens (primary N) is 1. The molecule has 0 amide bonds. The van der Waals surface area contributed by atoms with Gasteiger partial charge >= 0.3 is 7.82 Å². The van der Waals surface area contributed by atoms with E-state index in [2.05, 4.69) is 21.6 Å². The van der Waals surface area contributed by atoms with Crippen LogP contribution in [0, 0.1) is 0 Å². The molecule has 1 atom stereocenters. The molecule has 2 heterocycles. The summed E-state index contributed by atoms with van der Waals surface area (Å²) in [5.41, 5.74) is 6.90. The van der Waals surface area contributed by atoms with Crippen molar-refractivity contribution in [2.75, 3.05) is 38.8 Å². The van der Waals surface area contributed by atoms with Crippen LogP contribution in [-0.4, -0.2) is 53.5 Å². The topological polar surface area (TPSA) is 114 Å². The highest BCUT2D eigenvalue weighted by Gasteiger charge is 2.27. The highest BCUT2D eigenvalue weighted by atomic mass is 32.2. The molecule has 10 heteroatoms. The lowest BCUT2D eigenvalue weighted by atomic mass is 10.2. The van der Waals surface area contributed by atoms with Gasteiger partial charge in [0.1, 0.15) is 0 Å². The van der Waals surface area contributed by atoms with Gasteiger partial charge < -0.3 is 25.0 Å². The van der Waals surface area contributed by atoms with E-state index in [-0.39, 0.29) is 6.61 Å². The number of ether oxygens (including phenoxy) is 2. The van der Waals surface area contributed by atoms with Crippen LogP contribution >= 0.6 is 19.6 Å². The summed E-state index contributed by atoms with van der Waals surface area (Å²) in [5.74, 6) is 2.91. The zero-order valence-corrected chi connectivity index (χ0v) is 15.9. The maximum Gasteiger partial charge on any atom is 0.469 e. The number of hydrogen-bond donors (Lipinski definition) is 3. The van der Waals surface area contributed by atoms with E-state index in [1.807, 2.05) is 17.8 Å². The molecule has 0 aromatic heterocycles. The summed E-state index contributed by atoms with van der Waals surface area (Å²) < 4.78 is 24.4. The van der Waals surface area contributed by atoms with E-state index in [0.29, 0.717) is 12.2 Å². The fraction of sp³-hybridized carbons (Fsp3) is 0.600. The predicted octanol–water partition coefficient (Wildman–Crippen LogP) is 1.93. The van der Waals surface area contributed by atoms with Crippen molar-refractivity contribution in [1.29, 1.82) is 0 Å². The number of fused-ring (bicyclic) bond motifs is 1. The minimum atomic E-state index is -4.17. The summed E-state index contributed by atoms with van der Waals surface area (Å²) in [6.45, 7) is 4.87. The van der Waals surface area contributed by atoms with E-state index < -0.39 is 7.82 Å². The SMILES string of the molecule is CCOP(=O)(O)O.NCCCN1CCSC1c1ccc2c(c1)OCO2. The summed E-state index contributed by atoms with van der Waals surface area (Å²) in [5, 5.41) is 0.436. The summed E-state index contributed by atoms with van der Waals surface area (Å²) >= 11 is 1.99. The lowest BCUT2D eigenvalue weighted by Crippen LogP contribution is -2.25. The Morgan fingerprint density at radius 1 is 1.40 bits per heavy atom. The van der Waals surface area contributed by atoms with Gasteiger partial charge in [0.2, 0.25) is 6.79 Å². The van der Waals surface area contributed by atoms with Crippen LogP contribution in [0.15, 0.2) is 18.2 Å². The van der Waals surface area contributed by atoms with Crippen LogP contribution < -0.4 is 15.2 Å². The van der Waals surface area contributed by atoms with E-state index in [9.17, 15) is 4.57 Å². The molecule has 8 nitrogen and oxygen atoms in total. The van der Waals surface area contributed by atoms with Crippen LogP contribution in [0.25, 0.3) is 0 Å². The molecule has 0 bridgehead atoms. The predicted molar refractivity (Wildman–Crippen MR) is 96.7 cm³/mol. The van der Waals surface area contributed by atoms with E-state index in [0.717, 1.165) is 37.6 Å². The third-order valence-electron chi connectivity index (χ3n) is 3.61. The van der Waals surface area contributed by atoms with Crippen LogP contribution in [0.3, 0.4) is 0 Å². The first kappa shape index (κ1) is 20.5. The Hall–Kier alpha value is -0.800. The first-order chi connectivity index (χ1) is 11.9. The maximum atomic E-state index is 9.70. The monoisotopic (exact) mass is 392 g/mol. The molecule has 142 valence electrons. The largest absolute Gasteiger partial charge is 0.469 e. The number of hydrogen-bond acceptors (Lipinski definition) is 7. The average molecular weight is 392 g/mol. The third kappa shape index (κ3) is 6.45. The second kappa shape index (κ2) is 9.78. The Labute approximate surface area is 151 Å². The minimum Gasteiger partial charge on any atom is -0.454 e.